The summed E-state index contributed by atoms with van der Waals surface area (Å²) in [5, 5.41) is 12.2. The Morgan fingerprint density at radius 1 is 0.588 bits per heavy atom. The van der Waals surface area contributed by atoms with Crippen molar-refractivity contribution in [1.29, 1.82) is 0 Å². The molecule has 1 aliphatic carbocycles. The Morgan fingerprint density at radius 2 is 0.991 bits per heavy atom. The van der Waals surface area contributed by atoms with Crippen molar-refractivity contribution in [1.82, 2.24) is 76.1 Å². The summed E-state index contributed by atoms with van der Waals surface area (Å²) in [4.78, 5) is 56.9. The summed E-state index contributed by atoms with van der Waals surface area (Å²) in [7, 11) is -3.68. The van der Waals surface area contributed by atoms with Gasteiger partial charge < -0.3 is 38.9 Å². The molecule has 1 saturated carbocycles. The first-order chi connectivity index (χ1) is 51.5. The van der Waals surface area contributed by atoms with E-state index in [4.69, 9.17) is 15.7 Å². The Kier molecular flexibility index (Phi) is 37.5. The molecule has 0 aliphatic heterocycles. The number of aromatic nitrogens is 14. The zero-order valence-corrected chi connectivity index (χ0v) is 73.6. The maximum atomic E-state index is 13.7. The Balaban J connectivity index is 0.000000367. The molecule has 0 bridgehead atoms. The monoisotopic (exact) mass is 1970 g/mol. The average Bonchev–Trinajstić information content (AvgIpc) is 1.67. The molecule has 14 rings (SSSR count). The number of pyridine rings is 6. The molecule has 0 saturated heterocycles. The molecule has 607 valence electrons. The van der Waals surface area contributed by atoms with Crippen molar-refractivity contribution in [3.8, 4) is 0 Å². The third-order valence-corrected chi connectivity index (χ3v) is 22.3. The van der Waals surface area contributed by atoms with Gasteiger partial charge in [0.25, 0.3) is 5.91 Å². The molecule has 3 radical (unpaired) electrons. The van der Waals surface area contributed by atoms with Crippen molar-refractivity contribution >= 4 is 179 Å². The first-order valence-corrected chi connectivity index (χ1v) is 39.8. The number of hydrogen-bond acceptors (Lipinski definition) is 14. The van der Waals surface area contributed by atoms with E-state index < -0.39 is 50.2 Å². The maximum Gasteiger partial charge on any atom is 1.00 e. The number of halogens is 13. The quantitative estimate of drug-likeness (QED) is 0.0361. The maximum absolute atomic E-state index is 13.7. The summed E-state index contributed by atoms with van der Waals surface area (Å²) in [6.45, 7) is 18.1. The second kappa shape index (κ2) is 43.0. The molecule has 43 heteroatoms. The van der Waals surface area contributed by atoms with Gasteiger partial charge in [-0.05, 0) is 203 Å². The number of carbonyl (C=O) groups is 3. The first kappa shape index (κ1) is 99.4. The predicted molar refractivity (Wildman–Crippen MR) is 442 cm³/mol. The van der Waals surface area contributed by atoms with E-state index in [0.717, 1.165) is 39.3 Å². The normalized spacial score (nSPS) is 12.8. The number of amides is 1. The molecule has 25 nitrogen and oxygen atoms in total. The summed E-state index contributed by atoms with van der Waals surface area (Å²) in [5.41, 5.74) is 15.7. The molecule has 3 atom stereocenters. The first-order valence-electron chi connectivity index (χ1n) is 32.4. The van der Waals surface area contributed by atoms with E-state index in [1.165, 1.54) is 91.2 Å². The summed E-state index contributed by atoms with van der Waals surface area (Å²) >= 11 is 15.6. The van der Waals surface area contributed by atoms with Gasteiger partial charge in [0.2, 0.25) is 6.29 Å². The number of fused-ring (bicyclic) bond motifs is 6. The smallest absolute Gasteiger partial charge is 1.00 e. The summed E-state index contributed by atoms with van der Waals surface area (Å²) in [5.74, 6) is -1.36. The van der Waals surface area contributed by atoms with Crippen LogP contribution in [0.15, 0.2) is 157 Å². The largest absolute Gasteiger partial charge is 1.00 e. The molecule has 6 N–H and O–H groups in total. The van der Waals surface area contributed by atoms with E-state index in [0.29, 0.717) is 87.9 Å². The van der Waals surface area contributed by atoms with Crippen LogP contribution in [0.3, 0.4) is 0 Å². The summed E-state index contributed by atoms with van der Waals surface area (Å²) in [6, 6.07) is 12.3. The van der Waals surface area contributed by atoms with E-state index in [1.54, 1.807) is 65.4 Å². The van der Waals surface area contributed by atoms with Gasteiger partial charge in [-0.15, -0.1) is 0 Å². The number of hydrogen-bond donors (Lipinski definition) is 4. The number of nitrogens with zero attached hydrogens (tertiary/aromatic N) is 15. The van der Waals surface area contributed by atoms with Crippen LogP contribution >= 0.6 is 79.6 Å². The molecule has 0 aromatic carbocycles. The van der Waals surface area contributed by atoms with Crippen molar-refractivity contribution < 1.29 is 93.1 Å². The topological polar surface area (TPSA) is 312 Å². The molecule has 0 spiro atoms. The van der Waals surface area contributed by atoms with Gasteiger partial charge in [-0.25, -0.2) is 69.2 Å². The van der Waals surface area contributed by atoms with E-state index in [9.17, 15) is 57.3 Å². The molecular formula is C71H79BBr5F8N19NaO6S3. The molecule has 13 aromatic rings. The molecule has 13 aromatic heterocycles. The van der Waals surface area contributed by atoms with Crippen molar-refractivity contribution in [2.75, 3.05) is 0 Å². The van der Waals surface area contributed by atoms with Gasteiger partial charge in [0.1, 0.15) is 40.7 Å². The number of nitrogens with two attached hydrogens (primary N) is 2. The standard InChI is InChI=1S/C23H19BrFN7O.C12H15BrFN3OS.C12H13BrFN3OS.C8H7BrFN3.C8H4BrFN2O.C4H11NOS.C2HF3O.2CH4.B.Na.H/c24-18-5-21-20(27-13-31(21)12-19(18)25)7-26-23(33)16-6-28-32(9-16)11-17-10-30-8-15(14-1-2-14)3-4-22(30)29-17;2*1-12(2,3)19(18)16-5-10-11-4-8(13)9(14)6-17(11)7-15-10;9-5-1-8-7(2-11)12-4-13(8)3-6(5)10;9-5-1-8-7(3-13)11-4-12(8)2-6(5)10;1-4(2,3)7(5)6;3-2(4,5)1-6;;;;;/h3-6,8-10,12-14H,1-2,7,11H2,(H,26,33);4,6-7,16H,5H2,1-3H3;4-7H,1-3H3;1,3-4H,2,11H2;1-4H;5H2,1-3H3;1H;2*1H4;;;/q;;;;;;;;;;+1;-1. The third-order valence-electron chi connectivity index (χ3n) is 15.2. The van der Waals surface area contributed by atoms with Gasteiger partial charge in [0.15, 0.2) is 35.4 Å². The molecule has 1 aliphatic rings. The van der Waals surface area contributed by atoms with Crippen molar-refractivity contribution in [2.24, 2.45) is 15.3 Å². The number of imidazole rings is 6. The number of carbonyl (C=O) groups excluding carboxylic acids is 3. The average molecular weight is 1980 g/mol. The number of nitrogens with one attached hydrogen (secondary N) is 2. The minimum atomic E-state index is -4.64. The van der Waals surface area contributed by atoms with Crippen molar-refractivity contribution in [3.63, 3.8) is 0 Å². The van der Waals surface area contributed by atoms with Gasteiger partial charge >= 0.3 is 35.7 Å². The fourth-order valence-electron chi connectivity index (χ4n) is 9.17. The van der Waals surface area contributed by atoms with E-state index >= 15 is 0 Å². The Labute approximate surface area is 726 Å². The minimum Gasteiger partial charge on any atom is -1.00 e. The fourth-order valence-corrected chi connectivity index (χ4v) is 12.0. The van der Waals surface area contributed by atoms with Crippen molar-refractivity contribution in [2.45, 2.75) is 143 Å². The summed E-state index contributed by atoms with van der Waals surface area (Å²) < 4.78 is 151. The second-order valence-corrected chi connectivity index (χ2v) is 36.8. The Bertz CT molecular complexity index is 5610. The van der Waals surface area contributed by atoms with Gasteiger partial charge in [-0.2, -0.15) is 22.7 Å². The Morgan fingerprint density at radius 3 is 1.40 bits per heavy atom. The molecule has 1 fully saturated rings. The van der Waals surface area contributed by atoms with E-state index in [1.807, 2.05) is 74.6 Å². The SMILES string of the molecule is C.C.CC(C)(C)S(=O)N=Cc1ncn2cc(F)c(Br)cc12.CC(C)(C)S(=O)NCc1ncn2cc(F)c(Br)cc12.CC(C)(C)S(N)=O.NCc1ncn2cc(F)c(Br)cc12.O=C(NCc1ncn2cc(F)c(Br)cc12)c1cnn(Cc2cn3cc(C4CC4)ccc3n2)c1.O=CC(F)(F)F.O=Cc1ncn2cc(F)c(Br)cc12.[B].[H-].[Na+]. The van der Waals surface area contributed by atoms with Gasteiger partial charge in [-0.3, -0.25) is 24.2 Å². The van der Waals surface area contributed by atoms with Crippen LogP contribution in [-0.2, 0) is 63.9 Å². The molecule has 3 unspecified atom stereocenters. The molecular weight excluding hydrogens is 1900 g/mol. The third kappa shape index (κ3) is 27.6. The van der Waals surface area contributed by atoms with Crippen LogP contribution in [0.25, 0.3) is 33.2 Å². The van der Waals surface area contributed by atoms with Crippen molar-refractivity contribution in [3.05, 3.63) is 227 Å². The summed E-state index contributed by atoms with van der Waals surface area (Å²) in [6.07, 6.45) is 20.5. The molecule has 114 heavy (non-hydrogen) atoms. The minimum absolute atomic E-state index is 0. The molecule has 1 amide bonds. The zero-order chi connectivity index (χ0) is 81.1. The van der Waals surface area contributed by atoms with Gasteiger partial charge in [0.05, 0.1) is 166 Å². The number of aldehydes is 2. The Hall–Kier alpha value is -6.94. The second-order valence-electron chi connectivity index (χ2n) is 26.7. The fraction of sp³-hybridized carbons (Fsp3) is 0.310. The predicted octanol–water partition coefficient (Wildman–Crippen LogP) is 12.7. The molecule has 13 heterocycles. The zero-order valence-electron chi connectivity index (χ0n) is 62.2. The van der Waals surface area contributed by atoms with Crippen LogP contribution in [0, 0.1) is 29.1 Å². The van der Waals surface area contributed by atoms with E-state index in [-0.39, 0.29) is 105 Å². The van der Waals surface area contributed by atoms with E-state index in [2.05, 4.69) is 146 Å². The van der Waals surface area contributed by atoms with Crippen LogP contribution in [0.2, 0.25) is 0 Å². The van der Waals surface area contributed by atoms with Gasteiger partial charge in [0, 0.05) is 64.5 Å². The van der Waals surface area contributed by atoms with Gasteiger partial charge in [-0.1, -0.05) is 20.9 Å². The van der Waals surface area contributed by atoms with Crippen LogP contribution in [0.1, 0.15) is 152 Å². The van der Waals surface area contributed by atoms with Crippen LogP contribution in [0.5, 0.6) is 0 Å². The van der Waals surface area contributed by atoms with Crippen LogP contribution in [0.4, 0.5) is 35.1 Å². The number of alkyl halides is 3. The van der Waals surface area contributed by atoms with Crippen LogP contribution in [-0.4, -0.2) is 132 Å². The van der Waals surface area contributed by atoms with Crippen LogP contribution < -0.4 is 50.5 Å². The number of rotatable bonds is 13.